The summed E-state index contributed by atoms with van der Waals surface area (Å²) < 4.78 is 25.7. The van der Waals surface area contributed by atoms with E-state index in [2.05, 4.69) is 5.32 Å². The molecule has 0 radical (unpaired) electrons. The molecule has 1 aromatic rings. The molecule has 0 fully saturated rings. The minimum Gasteiger partial charge on any atom is -0.345 e. The molecule has 0 aliphatic carbocycles. The summed E-state index contributed by atoms with van der Waals surface area (Å²) in [6.45, 7) is 4.25. The van der Waals surface area contributed by atoms with Gasteiger partial charge in [0.15, 0.2) is 0 Å². The Hall–Kier alpha value is -2.09. The van der Waals surface area contributed by atoms with Gasteiger partial charge in [-0.25, -0.2) is 17.9 Å². The van der Waals surface area contributed by atoms with Crippen molar-refractivity contribution in [3.05, 3.63) is 29.8 Å². The molecule has 0 bridgehead atoms. The lowest BCUT2D eigenvalue weighted by Crippen LogP contribution is -2.37. The first-order valence-electron chi connectivity index (χ1n) is 7.26. The van der Waals surface area contributed by atoms with Crippen molar-refractivity contribution in [1.29, 1.82) is 0 Å². The second-order valence-corrected chi connectivity index (χ2v) is 7.18. The molecule has 0 saturated carbocycles. The summed E-state index contributed by atoms with van der Waals surface area (Å²) in [6, 6.07) is 5.43. The van der Waals surface area contributed by atoms with E-state index >= 15 is 0 Å². The molecule has 2 N–H and O–H groups in total. The maximum absolute atomic E-state index is 11.9. The van der Waals surface area contributed by atoms with Crippen molar-refractivity contribution in [2.24, 2.45) is 5.92 Å². The summed E-state index contributed by atoms with van der Waals surface area (Å²) in [6.07, 6.45) is 0.623. The molecule has 0 unspecified atom stereocenters. The van der Waals surface area contributed by atoms with Crippen molar-refractivity contribution in [2.45, 2.75) is 25.2 Å². The van der Waals surface area contributed by atoms with Crippen LogP contribution in [-0.2, 0) is 21.2 Å². The molecule has 23 heavy (non-hydrogen) atoms. The molecular weight excluding hydrogens is 318 g/mol. The molecule has 1 rings (SSSR count). The third-order valence-corrected chi connectivity index (χ3v) is 4.64. The lowest BCUT2D eigenvalue weighted by atomic mass is 10.1. The van der Waals surface area contributed by atoms with Crippen LogP contribution in [0.5, 0.6) is 0 Å². The van der Waals surface area contributed by atoms with Crippen LogP contribution in [0.15, 0.2) is 29.2 Å². The van der Waals surface area contributed by atoms with Crippen LogP contribution in [0.1, 0.15) is 19.4 Å². The molecule has 128 valence electrons. The van der Waals surface area contributed by atoms with E-state index in [1.54, 1.807) is 24.1 Å². The van der Waals surface area contributed by atoms with Gasteiger partial charge in [0, 0.05) is 26.6 Å². The van der Waals surface area contributed by atoms with E-state index in [0.29, 0.717) is 13.0 Å². The molecule has 0 aliphatic heterocycles. The molecule has 8 heteroatoms. The van der Waals surface area contributed by atoms with Crippen molar-refractivity contribution in [1.82, 2.24) is 14.9 Å². The molecular formula is C15H23N3O4S. The minimum atomic E-state index is -3.87. The molecule has 7 nitrogen and oxygen atoms in total. The number of urea groups is 1. The number of nitrogens with one attached hydrogen (secondary N) is 2. The number of rotatable bonds is 6. The minimum absolute atomic E-state index is 0.0106. The number of sulfonamides is 1. The second kappa shape index (κ2) is 7.96. The van der Waals surface area contributed by atoms with Gasteiger partial charge in [0.2, 0.25) is 5.91 Å². The van der Waals surface area contributed by atoms with E-state index in [9.17, 15) is 18.0 Å². The molecule has 0 aliphatic rings. The number of benzene rings is 1. The number of nitrogens with zero attached hydrogens (tertiary/aromatic N) is 1. The van der Waals surface area contributed by atoms with Gasteiger partial charge in [-0.1, -0.05) is 26.0 Å². The van der Waals surface area contributed by atoms with E-state index in [0.717, 1.165) is 5.56 Å². The summed E-state index contributed by atoms with van der Waals surface area (Å²) in [5, 5.41) is 2.19. The van der Waals surface area contributed by atoms with E-state index in [1.165, 1.54) is 19.2 Å². The Morgan fingerprint density at radius 3 is 2.22 bits per heavy atom. The van der Waals surface area contributed by atoms with Gasteiger partial charge in [-0.05, 0) is 24.1 Å². The Balaban J connectivity index is 2.70. The van der Waals surface area contributed by atoms with Gasteiger partial charge in [0.1, 0.15) is 0 Å². The summed E-state index contributed by atoms with van der Waals surface area (Å²) in [4.78, 5) is 24.6. The molecule has 0 spiro atoms. The van der Waals surface area contributed by atoms with Crippen LogP contribution in [0, 0.1) is 5.92 Å². The van der Waals surface area contributed by atoms with Crippen molar-refractivity contribution < 1.29 is 18.0 Å². The number of carbonyl (C=O) groups excluding carboxylic acids is 2. The van der Waals surface area contributed by atoms with Gasteiger partial charge >= 0.3 is 6.03 Å². The Morgan fingerprint density at radius 2 is 1.74 bits per heavy atom. The quantitative estimate of drug-likeness (QED) is 0.805. The fraction of sp³-hybridized carbons (Fsp3) is 0.467. The number of hydrogen-bond donors (Lipinski definition) is 2. The number of amides is 3. The highest BCUT2D eigenvalue weighted by molar-refractivity contribution is 7.90. The maximum Gasteiger partial charge on any atom is 0.328 e. The Kier molecular flexibility index (Phi) is 6.56. The Bertz CT molecular complexity index is 654. The SMILES string of the molecule is CNC(=O)NS(=O)(=O)c1ccc(CCN(C)C(=O)C(C)C)cc1. The second-order valence-electron chi connectivity index (χ2n) is 5.49. The lowest BCUT2D eigenvalue weighted by Gasteiger charge is -2.19. The van der Waals surface area contributed by atoms with Crippen molar-refractivity contribution in [3.63, 3.8) is 0 Å². The van der Waals surface area contributed by atoms with Crippen molar-refractivity contribution >= 4 is 22.0 Å². The Morgan fingerprint density at radius 1 is 1.17 bits per heavy atom. The van der Waals surface area contributed by atoms with Gasteiger partial charge in [0.05, 0.1) is 4.90 Å². The zero-order chi connectivity index (χ0) is 17.6. The van der Waals surface area contributed by atoms with Gasteiger partial charge in [0.25, 0.3) is 10.0 Å². The fourth-order valence-corrected chi connectivity index (χ4v) is 2.87. The standard InChI is InChI=1S/C15H23N3O4S/c1-11(2)14(19)18(4)10-9-12-5-7-13(8-6-12)23(21,22)17-15(20)16-3/h5-8,11H,9-10H2,1-4H3,(H2,16,17,20). The first kappa shape index (κ1) is 19.0. The molecule has 0 heterocycles. The van der Waals surface area contributed by atoms with Crippen LogP contribution in [0.2, 0.25) is 0 Å². The van der Waals surface area contributed by atoms with E-state index in [1.807, 2.05) is 18.6 Å². The molecule has 0 aromatic heterocycles. The fourth-order valence-electron chi connectivity index (χ4n) is 1.92. The van der Waals surface area contributed by atoms with E-state index < -0.39 is 16.1 Å². The van der Waals surface area contributed by atoms with E-state index in [4.69, 9.17) is 0 Å². The largest absolute Gasteiger partial charge is 0.345 e. The maximum atomic E-state index is 11.9. The molecule has 0 atom stereocenters. The van der Waals surface area contributed by atoms with Crippen molar-refractivity contribution in [3.8, 4) is 0 Å². The highest BCUT2D eigenvalue weighted by atomic mass is 32.2. The summed E-state index contributed by atoms with van der Waals surface area (Å²) >= 11 is 0. The first-order valence-corrected chi connectivity index (χ1v) is 8.74. The van der Waals surface area contributed by atoms with Gasteiger partial charge in [-0.3, -0.25) is 4.79 Å². The number of likely N-dealkylation sites (N-methyl/N-ethyl adjacent to an activating group) is 1. The zero-order valence-corrected chi connectivity index (χ0v) is 14.6. The number of hydrogen-bond acceptors (Lipinski definition) is 4. The lowest BCUT2D eigenvalue weighted by molar-refractivity contribution is -0.133. The molecule has 3 amide bonds. The normalized spacial score (nSPS) is 11.2. The summed E-state index contributed by atoms with van der Waals surface area (Å²) in [5.41, 5.74) is 0.910. The first-order chi connectivity index (χ1) is 10.7. The van der Waals surface area contributed by atoms with Gasteiger partial charge in [-0.15, -0.1) is 0 Å². The van der Waals surface area contributed by atoms with Gasteiger partial charge < -0.3 is 10.2 Å². The zero-order valence-electron chi connectivity index (χ0n) is 13.8. The van der Waals surface area contributed by atoms with Crippen LogP contribution in [-0.4, -0.2) is 45.9 Å². The third kappa shape index (κ3) is 5.55. The van der Waals surface area contributed by atoms with Crippen LogP contribution >= 0.6 is 0 Å². The Labute approximate surface area is 137 Å². The molecule has 0 saturated heterocycles. The van der Waals surface area contributed by atoms with Crippen LogP contribution < -0.4 is 10.0 Å². The highest BCUT2D eigenvalue weighted by Gasteiger charge is 2.17. The highest BCUT2D eigenvalue weighted by Crippen LogP contribution is 2.11. The molecule has 1 aromatic carbocycles. The smallest absolute Gasteiger partial charge is 0.328 e. The third-order valence-electron chi connectivity index (χ3n) is 3.29. The van der Waals surface area contributed by atoms with Crippen LogP contribution in [0.4, 0.5) is 4.79 Å². The number of carbonyl (C=O) groups is 2. The average molecular weight is 341 g/mol. The monoisotopic (exact) mass is 341 g/mol. The summed E-state index contributed by atoms with van der Waals surface area (Å²) in [7, 11) is -0.790. The van der Waals surface area contributed by atoms with E-state index in [-0.39, 0.29) is 16.7 Å². The average Bonchev–Trinajstić information content (AvgIpc) is 2.51. The van der Waals surface area contributed by atoms with Crippen LogP contribution in [0.25, 0.3) is 0 Å². The van der Waals surface area contributed by atoms with Gasteiger partial charge in [-0.2, -0.15) is 0 Å². The topological polar surface area (TPSA) is 95.6 Å². The van der Waals surface area contributed by atoms with Crippen molar-refractivity contribution in [2.75, 3.05) is 20.6 Å². The van der Waals surface area contributed by atoms with Crippen LogP contribution in [0.3, 0.4) is 0 Å². The summed E-state index contributed by atoms with van der Waals surface area (Å²) in [5.74, 6) is 0.0160. The predicted molar refractivity (Wildman–Crippen MR) is 87.4 cm³/mol. The predicted octanol–water partition coefficient (Wildman–Crippen LogP) is 0.961.